The van der Waals surface area contributed by atoms with E-state index in [1.807, 2.05) is 30.5 Å². The number of carbonyl (C=O) groups excluding carboxylic acids is 4. The Morgan fingerprint density at radius 3 is 2.21 bits per heavy atom. The molecule has 0 spiro atoms. The molecule has 224 valence electrons. The van der Waals surface area contributed by atoms with Crippen LogP contribution < -0.4 is 27.4 Å². The molecule has 13 heteroatoms. The molecule has 9 N–H and O–H groups in total. The number of carboxylic acid groups (broad SMARTS) is 1. The van der Waals surface area contributed by atoms with Crippen molar-refractivity contribution in [1.29, 1.82) is 0 Å². The van der Waals surface area contributed by atoms with Crippen LogP contribution in [0.15, 0.2) is 60.8 Å². The SMILES string of the molecule is CSCC[C@H](NC(=O)[C@@H](N)Cc1c[nH]c2ccccc12)C(=O)NC(=O)[C@H](Cc1ccccc1)NC(=O)C[C@H](N)C(=O)O. The van der Waals surface area contributed by atoms with Crippen molar-refractivity contribution >= 4 is 52.3 Å². The van der Waals surface area contributed by atoms with Gasteiger partial charge in [0.05, 0.1) is 12.5 Å². The van der Waals surface area contributed by atoms with Gasteiger partial charge in [-0.05, 0) is 42.0 Å². The predicted octanol–water partition coefficient (Wildman–Crippen LogP) is 0.448. The molecule has 0 aliphatic heterocycles. The van der Waals surface area contributed by atoms with Crippen LogP contribution in [-0.4, -0.2) is 75.9 Å². The number of fused-ring (bicyclic) bond motifs is 1. The third kappa shape index (κ3) is 9.43. The number of amides is 4. The van der Waals surface area contributed by atoms with Gasteiger partial charge in [0.25, 0.3) is 0 Å². The Balaban J connectivity index is 1.68. The highest BCUT2D eigenvalue weighted by Gasteiger charge is 2.29. The smallest absolute Gasteiger partial charge is 0.321 e. The van der Waals surface area contributed by atoms with E-state index in [4.69, 9.17) is 16.6 Å². The zero-order valence-corrected chi connectivity index (χ0v) is 24.0. The van der Waals surface area contributed by atoms with E-state index in [-0.39, 0.29) is 19.3 Å². The minimum Gasteiger partial charge on any atom is -0.480 e. The summed E-state index contributed by atoms with van der Waals surface area (Å²) in [6.45, 7) is 0. The third-order valence-electron chi connectivity index (χ3n) is 6.60. The molecule has 0 radical (unpaired) electrons. The lowest BCUT2D eigenvalue weighted by Crippen LogP contribution is -2.56. The lowest BCUT2D eigenvalue weighted by molar-refractivity contribution is -0.140. The van der Waals surface area contributed by atoms with Crippen LogP contribution in [0.2, 0.25) is 0 Å². The fourth-order valence-corrected chi connectivity index (χ4v) is 4.78. The molecule has 12 nitrogen and oxygen atoms in total. The maximum Gasteiger partial charge on any atom is 0.321 e. The number of imide groups is 1. The van der Waals surface area contributed by atoms with Gasteiger partial charge in [0.15, 0.2) is 0 Å². The van der Waals surface area contributed by atoms with Gasteiger partial charge in [-0.15, -0.1) is 0 Å². The normalized spacial score (nSPS) is 13.9. The number of aromatic nitrogens is 1. The number of nitrogens with two attached hydrogens (primary N) is 2. The van der Waals surface area contributed by atoms with Gasteiger partial charge in [-0.3, -0.25) is 29.3 Å². The second kappa shape index (κ2) is 15.7. The summed E-state index contributed by atoms with van der Waals surface area (Å²) in [6, 6.07) is 11.7. The summed E-state index contributed by atoms with van der Waals surface area (Å²) in [5.74, 6) is -3.72. The Labute approximate surface area is 247 Å². The summed E-state index contributed by atoms with van der Waals surface area (Å²) >= 11 is 1.46. The summed E-state index contributed by atoms with van der Waals surface area (Å²) in [7, 11) is 0. The quantitative estimate of drug-likeness (QED) is 0.130. The van der Waals surface area contributed by atoms with Gasteiger partial charge in [-0.1, -0.05) is 48.5 Å². The molecule has 1 heterocycles. The van der Waals surface area contributed by atoms with E-state index in [0.717, 1.165) is 16.5 Å². The zero-order valence-electron chi connectivity index (χ0n) is 23.2. The molecule has 4 atom stereocenters. The first-order chi connectivity index (χ1) is 20.1. The third-order valence-corrected chi connectivity index (χ3v) is 7.24. The minimum atomic E-state index is -1.45. The molecular weight excluding hydrogens is 560 g/mol. The maximum atomic E-state index is 13.2. The Morgan fingerprint density at radius 2 is 1.52 bits per heavy atom. The topological polar surface area (TPSA) is 209 Å². The van der Waals surface area contributed by atoms with E-state index in [1.54, 1.807) is 36.5 Å². The lowest BCUT2D eigenvalue weighted by Gasteiger charge is -2.23. The first kappa shape index (κ1) is 32.3. The lowest BCUT2D eigenvalue weighted by atomic mass is 10.0. The number of hydrogen-bond donors (Lipinski definition) is 7. The number of para-hydroxylation sites is 1. The fourth-order valence-electron chi connectivity index (χ4n) is 4.31. The fraction of sp³-hybridized carbons (Fsp3) is 0.345. The van der Waals surface area contributed by atoms with Gasteiger partial charge in [-0.25, -0.2) is 0 Å². The zero-order chi connectivity index (χ0) is 30.6. The summed E-state index contributed by atoms with van der Waals surface area (Å²) in [5, 5.41) is 17.4. The summed E-state index contributed by atoms with van der Waals surface area (Å²) < 4.78 is 0. The Morgan fingerprint density at radius 1 is 0.857 bits per heavy atom. The number of rotatable bonds is 15. The molecule has 0 unspecified atom stereocenters. The Kier molecular flexibility index (Phi) is 12.1. The molecule has 42 heavy (non-hydrogen) atoms. The van der Waals surface area contributed by atoms with Gasteiger partial charge in [0, 0.05) is 23.5 Å². The number of aromatic amines is 1. The first-order valence-electron chi connectivity index (χ1n) is 13.3. The van der Waals surface area contributed by atoms with Crippen LogP contribution in [0.4, 0.5) is 0 Å². The van der Waals surface area contributed by atoms with Gasteiger partial charge in [-0.2, -0.15) is 11.8 Å². The van der Waals surface area contributed by atoms with E-state index < -0.39 is 60.2 Å². The molecular formula is C29H36N6O6S. The molecule has 0 fully saturated rings. The van der Waals surface area contributed by atoms with Crippen molar-refractivity contribution in [2.24, 2.45) is 11.5 Å². The number of aliphatic carboxylic acids is 1. The van der Waals surface area contributed by atoms with Gasteiger partial charge in [0.2, 0.25) is 23.6 Å². The van der Waals surface area contributed by atoms with Crippen molar-refractivity contribution in [3.8, 4) is 0 Å². The second-order valence-electron chi connectivity index (χ2n) is 9.82. The van der Waals surface area contributed by atoms with Crippen molar-refractivity contribution in [2.45, 2.75) is 49.9 Å². The highest BCUT2D eigenvalue weighted by molar-refractivity contribution is 7.98. The molecule has 3 aromatic rings. The molecule has 3 rings (SSSR count). The van der Waals surface area contributed by atoms with Crippen molar-refractivity contribution < 1.29 is 29.1 Å². The highest BCUT2D eigenvalue weighted by atomic mass is 32.2. The van der Waals surface area contributed by atoms with Crippen LogP contribution in [0.5, 0.6) is 0 Å². The number of carboxylic acids is 1. The average molecular weight is 597 g/mol. The number of benzene rings is 2. The van der Waals surface area contributed by atoms with E-state index >= 15 is 0 Å². The maximum absolute atomic E-state index is 13.2. The second-order valence-corrected chi connectivity index (χ2v) is 10.8. The number of hydrogen-bond acceptors (Lipinski definition) is 8. The summed E-state index contributed by atoms with van der Waals surface area (Å²) in [5.41, 5.74) is 14.1. The minimum absolute atomic E-state index is 0.0331. The highest BCUT2D eigenvalue weighted by Crippen LogP contribution is 2.19. The van der Waals surface area contributed by atoms with Crippen molar-refractivity contribution in [2.75, 3.05) is 12.0 Å². The van der Waals surface area contributed by atoms with E-state index in [2.05, 4.69) is 20.9 Å². The predicted molar refractivity (Wildman–Crippen MR) is 160 cm³/mol. The van der Waals surface area contributed by atoms with Crippen LogP contribution in [0.25, 0.3) is 10.9 Å². The first-order valence-corrected chi connectivity index (χ1v) is 14.7. The van der Waals surface area contributed by atoms with Crippen molar-refractivity contribution in [3.63, 3.8) is 0 Å². The molecule has 0 saturated heterocycles. The van der Waals surface area contributed by atoms with E-state index in [0.29, 0.717) is 11.3 Å². The largest absolute Gasteiger partial charge is 0.480 e. The Hall–Kier alpha value is -4.20. The molecule has 0 bridgehead atoms. The van der Waals surface area contributed by atoms with Gasteiger partial charge < -0.3 is 32.2 Å². The van der Waals surface area contributed by atoms with Crippen molar-refractivity contribution in [1.82, 2.24) is 20.9 Å². The van der Waals surface area contributed by atoms with Crippen LogP contribution in [-0.2, 0) is 36.8 Å². The molecule has 4 amide bonds. The number of thioether (sulfide) groups is 1. The number of H-pyrrole nitrogens is 1. The standard InChI is InChI=1S/C29H36N6O6S/c1-42-12-11-23(34-26(37)20(30)14-18-16-32-22-10-6-5-9-19(18)22)27(38)35-28(39)24(13-17-7-3-2-4-8-17)33-25(36)15-21(31)29(40)41/h2-10,16,20-21,23-24,32H,11-15,30-31H2,1H3,(H,33,36)(H,34,37)(H,40,41)(H,35,38,39)/t20-,21-,23-,24-/m0/s1. The summed E-state index contributed by atoms with van der Waals surface area (Å²) in [4.78, 5) is 66.1. The molecule has 0 aliphatic carbocycles. The molecule has 0 aliphatic rings. The molecule has 1 aromatic heterocycles. The molecule has 0 saturated carbocycles. The van der Waals surface area contributed by atoms with E-state index in [1.165, 1.54) is 11.8 Å². The van der Waals surface area contributed by atoms with Crippen LogP contribution in [0, 0.1) is 0 Å². The Bertz CT molecular complexity index is 1400. The van der Waals surface area contributed by atoms with Gasteiger partial charge in [0.1, 0.15) is 18.1 Å². The molecule has 2 aromatic carbocycles. The monoisotopic (exact) mass is 596 g/mol. The average Bonchev–Trinajstić information content (AvgIpc) is 3.37. The van der Waals surface area contributed by atoms with E-state index in [9.17, 15) is 24.0 Å². The summed E-state index contributed by atoms with van der Waals surface area (Å²) in [6.07, 6.45) is 3.58. The number of carbonyl (C=O) groups is 5. The van der Waals surface area contributed by atoms with Crippen LogP contribution in [0.3, 0.4) is 0 Å². The number of nitrogens with one attached hydrogen (secondary N) is 4. The van der Waals surface area contributed by atoms with Crippen molar-refractivity contribution in [3.05, 3.63) is 71.9 Å². The van der Waals surface area contributed by atoms with Crippen LogP contribution in [0.1, 0.15) is 24.0 Å². The van der Waals surface area contributed by atoms with Gasteiger partial charge >= 0.3 is 5.97 Å². The van der Waals surface area contributed by atoms with Crippen LogP contribution >= 0.6 is 11.8 Å².